The standard InChI is InChI=1S/C12H18N2/c1-6-14-9-10(12(2,3)4)7-8-11(14)13-5/h6-9H,1H2,2-5H3/b13-11-. The maximum absolute atomic E-state index is 4.16. The van der Waals surface area contributed by atoms with E-state index in [4.69, 9.17) is 0 Å². The van der Waals surface area contributed by atoms with Crippen LogP contribution in [0.15, 0.2) is 29.9 Å². The quantitative estimate of drug-likeness (QED) is 0.647. The minimum atomic E-state index is 0.164. The molecule has 0 unspecified atom stereocenters. The minimum Gasteiger partial charge on any atom is -0.309 e. The number of aromatic nitrogens is 1. The lowest BCUT2D eigenvalue weighted by Gasteiger charge is -2.19. The van der Waals surface area contributed by atoms with E-state index < -0.39 is 0 Å². The molecule has 14 heavy (non-hydrogen) atoms. The molecule has 0 atom stereocenters. The van der Waals surface area contributed by atoms with Gasteiger partial charge in [0.1, 0.15) is 5.49 Å². The molecule has 0 fully saturated rings. The molecule has 1 rings (SSSR count). The third-order valence-electron chi connectivity index (χ3n) is 2.25. The van der Waals surface area contributed by atoms with Crippen molar-refractivity contribution in [1.82, 2.24) is 4.57 Å². The zero-order valence-electron chi connectivity index (χ0n) is 9.41. The third kappa shape index (κ3) is 2.13. The lowest BCUT2D eigenvalue weighted by Crippen LogP contribution is -2.20. The van der Waals surface area contributed by atoms with E-state index in [1.165, 1.54) is 5.56 Å². The molecule has 0 bridgehead atoms. The molecule has 0 aliphatic carbocycles. The summed E-state index contributed by atoms with van der Waals surface area (Å²) in [7, 11) is 1.78. The molecule has 0 aromatic carbocycles. The molecule has 0 aliphatic heterocycles. The fourth-order valence-electron chi connectivity index (χ4n) is 1.29. The Morgan fingerprint density at radius 1 is 1.36 bits per heavy atom. The van der Waals surface area contributed by atoms with Crippen molar-refractivity contribution in [1.29, 1.82) is 0 Å². The molecule has 0 amide bonds. The van der Waals surface area contributed by atoms with Crippen LogP contribution in [-0.2, 0) is 5.41 Å². The first-order valence-corrected chi connectivity index (χ1v) is 4.77. The van der Waals surface area contributed by atoms with Crippen molar-refractivity contribution in [3.63, 3.8) is 0 Å². The smallest absolute Gasteiger partial charge is 0.131 e. The minimum absolute atomic E-state index is 0.164. The summed E-state index contributed by atoms with van der Waals surface area (Å²) in [6.07, 6.45) is 3.85. The highest BCUT2D eigenvalue weighted by Crippen LogP contribution is 2.20. The van der Waals surface area contributed by atoms with Gasteiger partial charge < -0.3 is 4.57 Å². The van der Waals surface area contributed by atoms with Crippen molar-refractivity contribution in [2.24, 2.45) is 4.99 Å². The fourth-order valence-corrected chi connectivity index (χ4v) is 1.29. The molecule has 0 radical (unpaired) electrons. The van der Waals surface area contributed by atoms with E-state index in [1.807, 2.05) is 10.6 Å². The highest BCUT2D eigenvalue weighted by atomic mass is 15.0. The van der Waals surface area contributed by atoms with Crippen LogP contribution in [0, 0.1) is 0 Å². The molecule has 0 saturated carbocycles. The molecule has 76 valence electrons. The van der Waals surface area contributed by atoms with Crippen molar-refractivity contribution in [2.45, 2.75) is 26.2 Å². The van der Waals surface area contributed by atoms with Crippen molar-refractivity contribution in [3.8, 4) is 0 Å². The predicted molar refractivity (Wildman–Crippen MR) is 61.0 cm³/mol. The molecule has 1 aromatic heterocycles. The Morgan fingerprint density at radius 3 is 2.43 bits per heavy atom. The Labute approximate surface area is 85.6 Å². The first-order valence-electron chi connectivity index (χ1n) is 4.77. The molecule has 1 aromatic rings. The summed E-state index contributed by atoms with van der Waals surface area (Å²) in [4.78, 5) is 4.16. The van der Waals surface area contributed by atoms with Crippen LogP contribution in [0.5, 0.6) is 0 Å². The molecule has 0 saturated heterocycles. The van der Waals surface area contributed by atoms with Crippen molar-refractivity contribution >= 4 is 6.20 Å². The summed E-state index contributed by atoms with van der Waals surface area (Å²) in [6, 6.07) is 4.13. The molecule has 2 heteroatoms. The first kappa shape index (κ1) is 10.8. The van der Waals surface area contributed by atoms with Gasteiger partial charge in [-0.25, -0.2) is 0 Å². The summed E-state index contributed by atoms with van der Waals surface area (Å²) in [5, 5.41) is 0. The Bertz CT molecular complexity index is 392. The number of nitrogens with zero attached hydrogens (tertiary/aromatic N) is 2. The second kappa shape index (κ2) is 3.82. The summed E-state index contributed by atoms with van der Waals surface area (Å²) < 4.78 is 1.95. The van der Waals surface area contributed by atoms with Crippen LogP contribution in [0.25, 0.3) is 6.20 Å². The van der Waals surface area contributed by atoms with Crippen molar-refractivity contribution in [3.05, 3.63) is 36.0 Å². The lowest BCUT2D eigenvalue weighted by molar-refractivity contribution is 0.584. The molecular weight excluding hydrogens is 172 g/mol. The second-order valence-corrected chi connectivity index (χ2v) is 4.34. The van der Waals surface area contributed by atoms with Gasteiger partial charge >= 0.3 is 0 Å². The van der Waals surface area contributed by atoms with Gasteiger partial charge in [-0.2, -0.15) is 0 Å². The van der Waals surface area contributed by atoms with E-state index in [2.05, 4.69) is 44.6 Å². The van der Waals surface area contributed by atoms with Crippen LogP contribution in [0.2, 0.25) is 0 Å². The SMILES string of the molecule is C=Cn1cc(C(C)(C)C)cc/c1=N/C. The van der Waals surface area contributed by atoms with Crippen molar-refractivity contribution in [2.75, 3.05) is 7.05 Å². The van der Waals surface area contributed by atoms with E-state index in [0.29, 0.717) is 0 Å². The van der Waals surface area contributed by atoms with Crippen LogP contribution in [-0.4, -0.2) is 11.6 Å². The Kier molecular flexibility index (Phi) is 2.94. The highest BCUT2D eigenvalue weighted by Gasteiger charge is 2.13. The van der Waals surface area contributed by atoms with Crippen LogP contribution < -0.4 is 5.49 Å². The maximum Gasteiger partial charge on any atom is 0.131 e. The summed E-state index contributed by atoms with van der Waals surface area (Å²) in [5.41, 5.74) is 2.37. The predicted octanol–water partition coefficient (Wildman–Crippen LogP) is 2.42. The zero-order valence-corrected chi connectivity index (χ0v) is 9.41. The number of pyridine rings is 1. The van der Waals surface area contributed by atoms with E-state index in [9.17, 15) is 0 Å². The monoisotopic (exact) mass is 190 g/mol. The largest absolute Gasteiger partial charge is 0.309 e. The molecule has 1 heterocycles. The highest BCUT2D eigenvalue weighted by molar-refractivity contribution is 5.25. The van der Waals surface area contributed by atoms with Gasteiger partial charge in [0.15, 0.2) is 0 Å². The van der Waals surface area contributed by atoms with E-state index >= 15 is 0 Å². The number of rotatable bonds is 1. The average Bonchev–Trinajstić information content (AvgIpc) is 2.15. The molecule has 0 spiro atoms. The first-order chi connectivity index (χ1) is 6.49. The van der Waals surface area contributed by atoms with Crippen LogP contribution in [0.1, 0.15) is 26.3 Å². The van der Waals surface area contributed by atoms with Gasteiger partial charge in [0.05, 0.1) is 0 Å². The van der Waals surface area contributed by atoms with E-state index in [-0.39, 0.29) is 5.41 Å². The van der Waals surface area contributed by atoms with Gasteiger partial charge in [0, 0.05) is 19.4 Å². The normalized spacial score (nSPS) is 13.0. The van der Waals surface area contributed by atoms with Crippen molar-refractivity contribution < 1.29 is 0 Å². The van der Waals surface area contributed by atoms with Gasteiger partial charge in [-0.05, 0) is 17.0 Å². The Hall–Kier alpha value is -1.31. The van der Waals surface area contributed by atoms with Crippen LogP contribution in [0.4, 0.5) is 0 Å². The van der Waals surface area contributed by atoms with Gasteiger partial charge in [-0.3, -0.25) is 4.99 Å². The van der Waals surface area contributed by atoms with Gasteiger partial charge in [0.2, 0.25) is 0 Å². The van der Waals surface area contributed by atoms with E-state index in [0.717, 1.165) is 5.49 Å². The molecule has 0 N–H and O–H groups in total. The maximum atomic E-state index is 4.16. The third-order valence-corrected chi connectivity index (χ3v) is 2.25. The second-order valence-electron chi connectivity index (χ2n) is 4.34. The lowest BCUT2D eigenvalue weighted by atomic mass is 9.88. The van der Waals surface area contributed by atoms with E-state index in [1.54, 1.807) is 13.2 Å². The van der Waals surface area contributed by atoms with Gasteiger partial charge in [-0.1, -0.05) is 33.4 Å². The average molecular weight is 190 g/mol. The van der Waals surface area contributed by atoms with Crippen LogP contribution in [0.3, 0.4) is 0 Å². The number of hydrogen-bond donors (Lipinski definition) is 0. The topological polar surface area (TPSA) is 17.3 Å². The summed E-state index contributed by atoms with van der Waals surface area (Å²) in [5.74, 6) is 0. The Balaban J connectivity index is 3.36. The molecule has 2 nitrogen and oxygen atoms in total. The molecular formula is C12H18N2. The summed E-state index contributed by atoms with van der Waals surface area (Å²) in [6.45, 7) is 10.3. The zero-order chi connectivity index (χ0) is 10.8. The summed E-state index contributed by atoms with van der Waals surface area (Å²) >= 11 is 0. The van der Waals surface area contributed by atoms with Crippen LogP contribution >= 0.6 is 0 Å². The molecule has 0 aliphatic rings. The number of hydrogen-bond acceptors (Lipinski definition) is 1. The van der Waals surface area contributed by atoms with Gasteiger partial charge in [0.25, 0.3) is 0 Å². The fraction of sp³-hybridized carbons (Fsp3) is 0.417. The Morgan fingerprint density at radius 2 is 2.00 bits per heavy atom. The van der Waals surface area contributed by atoms with Gasteiger partial charge in [-0.15, -0.1) is 0 Å².